The second-order valence-electron chi connectivity index (χ2n) is 18.4. The summed E-state index contributed by atoms with van der Waals surface area (Å²) in [4.78, 5) is 0. The summed E-state index contributed by atoms with van der Waals surface area (Å²) in [5, 5.41) is 0. The van der Waals surface area contributed by atoms with E-state index in [4.69, 9.17) is 45.3 Å². The predicted molar refractivity (Wildman–Crippen MR) is 228 cm³/mol. The number of hydrogen-bond acceptors (Lipinski definition) is 11. The summed E-state index contributed by atoms with van der Waals surface area (Å²) in [6.45, 7) is 52.5. The van der Waals surface area contributed by atoms with Gasteiger partial charge in [-0.1, -0.05) is 0 Å². The topological polar surface area (TPSA) is 102 Å². The van der Waals surface area contributed by atoms with E-state index in [9.17, 15) is 0 Å². The van der Waals surface area contributed by atoms with Crippen molar-refractivity contribution in [2.45, 2.75) is 164 Å². The molecule has 0 spiro atoms. The fourth-order valence-corrected chi connectivity index (χ4v) is 61.9. The molecule has 0 aliphatic carbocycles. The molecule has 0 fully saturated rings. The first-order chi connectivity index (χ1) is 20.5. The molecule has 23 heteroatoms. The molecule has 0 rings (SSSR count). The molecule has 0 atom stereocenters. The smallest absolute Gasteiger partial charge is 0.360 e. The molecule has 0 saturated carbocycles. The highest BCUT2D eigenvalue weighted by Crippen LogP contribution is 2.30. The highest BCUT2D eigenvalue weighted by atomic mass is 28.5. The normalized spacial score (nSPS) is 15.9. The van der Waals surface area contributed by atoms with Crippen LogP contribution in [-0.2, 0) is 45.3 Å². The van der Waals surface area contributed by atoms with Crippen LogP contribution in [0.25, 0.3) is 0 Å². The van der Waals surface area contributed by atoms with E-state index in [1.807, 2.05) is 6.55 Å². The van der Waals surface area contributed by atoms with Crippen molar-refractivity contribution in [2.24, 2.45) is 0 Å². The van der Waals surface area contributed by atoms with E-state index in [2.05, 4.69) is 157 Å². The van der Waals surface area contributed by atoms with Gasteiger partial charge in [0.1, 0.15) is 0 Å². The minimum Gasteiger partial charge on any atom is -0.437 e. The van der Waals surface area contributed by atoms with E-state index >= 15 is 0 Å². The first kappa shape index (κ1) is 50.2. The Morgan fingerprint density at radius 2 is 0.417 bits per heavy atom. The van der Waals surface area contributed by atoms with Crippen molar-refractivity contribution >= 4 is 103 Å². The van der Waals surface area contributed by atoms with Crippen LogP contribution in [0, 0.1) is 0 Å². The van der Waals surface area contributed by atoms with E-state index < -0.39 is 103 Å². The molecule has 0 aliphatic heterocycles. The third-order valence-electron chi connectivity index (χ3n) is 5.32. The van der Waals surface area contributed by atoms with E-state index in [-0.39, 0.29) is 0 Å². The molecular weight excluding hydrogens is 813 g/mol. The van der Waals surface area contributed by atoms with Gasteiger partial charge in [0.15, 0.2) is 16.6 Å². The van der Waals surface area contributed by atoms with Crippen LogP contribution in [0.1, 0.15) is 0 Å². The van der Waals surface area contributed by atoms with Crippen LogP contribution >= 0.6 is 0 Å². The van der Waals surface area contributed by atoms with Crippen LogP contribution in [0.2, 0.25) is 164 Å². The Hall–Kier alpha value is 2.16. The molecule has 0 saturated heterocycles. The molecular formula is C25H75O11Si12. The fraction of sp³-hybridized carbons (Fsp3) is 1.00. The van der Waals surface area contributed by atoms with Crippen molar-refractivity contribution in [1.29, 1.82) is 0 Å². The lowest BCUT2D eigenvalue weighted by atomic mass is 11.8. The van der Waals surface area contributed by atoms with Gasteiger partial charge in [-0.05, 0) is 164 Å². The van der Waals surface area contributed by atoms with Crippen molar-refractivity contribution in [2.75, 3.05) is 0 Å². The minimum absolute atomic E-state index is 1.41. The average molecular weight is 889 g/mol. The van der Waals surface area contributed by atoms with Gasteiger partial charge in [0.05, 0.1) is 0 Å². The number of rotatable bonds is 22. The predicted octanol–water partition coefficient (Wildman–Crippen LogP) is 9.27. The van der Waals surface area contributed by atoms with Gasteiger partial charge in [-0.2, -0.15) is 0 Å². The first-order valence-corrected chi connectivity index (χ1v) is 51.0. The molecule has 11 nitrogen and oxygen atoms in total. The maximum absolute atomic E-state index is 6.78. The molecule has 0 aromatic carbocycles. The van der Waals surface area contributed by atoms with Gasteiger partial charge < -0.3 is 45.3 Å². The van der Waals surface area contributed by atoms with Crippen molar-refractivity contribution in [3.8, 4) is 0 Å². The van der Waals surface area contributed by atoms with E-state index in [1.54, 1.807) is 0 Å². The van der Waals surface area contributed by atoms with Crippen molar-refractivity contribution in [1.82, 2.24) is 0 Å². The Labute approximate surface area is 310 Å². The zero-order valence-corrected chi connectivity index (χ0v) is 47.5. The summed E-state index contributed by atoms with van der Waals surface area (Å²) >= 11 is 0. The fourth-order valence-electron chi connectivity index (χ4n) is 6.46. The molecule has 0 aromatic heterocycles. The average Bonchev–Trinajstić information content (AvgIpc) is 2.53. The number of hydrogen-bond donors (Lipinski definition) is 0. The molecule has 0 aromatic rings. The molecule has 289 valence electrons. The van der Waals surface area contributed by atoms with Crippen LogP contribution in [0.5, 0.6) is 0 Å². The summed E-state index contributed by atoms with van der Waals surface area (Å²) in [5.41, 5.74) is 0. The second kappa shape index (κ2) is 16.9. The summed E-state index contributed by atoms with van der Waals surface area (Å²) in [5.74, 6) is 0. The minimum atomic E-state index is -2.69. The molecule has 48 heavy (non-hydrogen) atoms. The second-order valence-corrected chi connectivity index (χ2v) is 62.0. The quantitative estimate of drug-likeness (QED) is 0.0973. The Morgan fingerprint density at radius 1 is 0.229 bits per heavy atom. The largest absolute Gasteiger partial charge is 0.437 e. The van der Waals surface area contributed by atoms with Crippen molar-refractivity contribution in [3.63, 3.8) is 0 Å². The van der Waals surface area contributed by atoms with Crippen LogP contribution < -0.4 is 0 Å². The third kappa shape index (κ3) is 24.5. The molecule has 0 bridgehead atoms. The lowest BCUT2D eigenvalue weighted by Gasteiger charge is -2.44. The van der Waals surface area contributed by atoms with Crippen molar-refractivity contribution in [3.05, 3.63) is 0 Å². The highest BCUT2D eigenvalue weighted by Gasteiger charge is 2.50. The maximum Gasteiger partial charge on any atom is 0.360 e. The summed E-state index contributed by atoms with van der Waals surface area (Å²) in [6.07, 6.45) is 0. The first-order valence-electron chi connectivity index (χ1n) is 17.0. The third-order valence-corrected chi connectivity index (χ3v) is 47.9. The standard InChI is InChI=1S/C25H75O11Si12/c1-37(26-38(2,3)4)27-40(8,9)29-42(12,13)31-44(16,17)33-46(20,21)35-48(24,25)36-47(22,23)34-45(18,19)32-43(14,15)30-41(10,11)28-39(5,6)7/h1-25H3. The van der Waals surface area contributed by atoms with Gasteiger partial charge >= 0.3 is 86.3 Å². The van der Waals surface area contributed by atoms with Crippen LogP contribution in [0.3, 0.4) is 0 Å². The van der Waals surface area contributed by atoms with Crippen molar-refractivity contribution < 1.29 is 45.3 Å². The lowest BCUT2D eigenvalue weighted by Crippen LogP contribution is -2.62. The maximum atomic E-state index is 6.78. The van der Waals surface area contributed by atoms with Gasteiger partial charge in [-0.25, -0.2) is 0 Å². The van der Waals surface area contributed by atoms with E-state index in [1.165, 1.54) is 0 Å². The van der Waals surface area contributed by atoms with Gasteiger partial charge in [-0.15, -0.1) is 0 Å². The molecule has 0 aliphatic rings. The molecule has 0 unspecified atom stereocenters. The van der Waals surface area contributed by atoms with Gasteiger partial charge in [0, 0.05) is 0 Å². The SMILES string of the molecule is C[Si](O[Si](C)(C)C)O[Si](C)(C)O[Si](C)(C)O[Si](C)(C)O[Si](C)(C)O[Si](C)(C)O[Si](C)(C)O[Si](C)(C)O[Si](C)(C)O[Si](C)(C)O[Si](C)(C)C. The molecule has 0 heterocycles. The Bertz CT molecular complexity index is 1030. The summed E-state index contributed by atoms with van der Waals surface area (Å²) < 4.78 is 72.8. The lowest BCUT2D eigenvalue weighted by molar-refractivity contribution is 0.254. The summed E-state index contributed by atoms with van der Waals surface area (Å²) in [6, 6.07) is 0. The van der Waals surface area contributed by atoms with Crippen LogP contribution in [0.15, 0.2) is 0 Å². The van der Waals surface area contributed by atoms with Gasteiger partial charge in [0.2, 0.25) is 0 Å². The molecule has 0 amide bonds. The van der Waals surface area contributed by atoms with Crippen LogP contribution in [-0.4, -0.2) is 103 Å². The monoisotopic (exact) mass is 887 g/mol. The Morgan fingerprint density at radius 3 is 0.604 bits per heavy atom. The van der Waals surface area contributed by atoms with E-state index in [0.29, 0.717) is 0 Å². The zero-order chi connectivity index (χ0) is 38.9. The highest BCUT2D eigenvalue weighted by molar-refractivity contribution is 6.93. The zero-order valence-electron chi connectivity index (χ0n) is 35.5. The summed E-state index contributed by atoms with van der Waals surface area (Å²) in [7, 11) is -28.2. The Balaban J connectivity index is 5.49. The van der Waals surface area contributed by atoms with Gasteiger partial charge in [0.25, 0.3) is 0 Å². The van der Waals surface area contributed by atoms with E-state index in [0.717, 1.165) is 0 Å². The van der Waals surface area contributed by atoms with Crippen LogP contribution in [0.4, 0.5) is 0 Å². The molecule has 1 radical (unpaired) electrons. The van der Waals surface area contributed by atoms with Gasteiger partial charge in [-0.3, -0.25) is 0 Å². The Kier molecular flexibility index (Phi) is 17.7. The molecule has 0 N–H and O–H groups in total.